The monoisotopic (exact) mass is 330 g/mol. The molecule has 22 heavy (non-hydrogen) atoms. The van der Waals surface area contributed by atoms with Crippen molar-refractivity contribution in [3.05, 3.63) is 76.8 Å². The molecule has 3 nitrogen and oxygen atoms in total. The van der Waals surface area contributed by atoms with Crippen molar-refractivity contribution in [1.29, 1.82) is 0 Å². The maximum atomic E-state index is 6.13. The number of aromatic nitrogens is 2. The Morgan fingerprint density at radius 1 is 0.864 bits per heavy atom. The van der Waals surface area contributed by atoms with Crippen LogP contribution in [-0.4, -0.2) is 9.97 Å². The summed E-state index contributed by atoms with van der Waals surface area (Å²) < 4.78 is 5.76. The molecule has 0 bridgehead atoms. The number of benzene rings is 1. The predicted octanol–water partition coefficient (Wildman–Crippen LogP) is 5.03. The number of hydrogen-bond donors (Lipinski definition) is 0. The molecule has 2 aromatic heterocycles. The van der Waals surface area contributed by atoms with Gasteiger partial charge in [0.1, 0.15) is 12.4 Å². The first-order chi connectivity index (χ1) is 10.7. The normalized spacial score (nSPS) is 10.5. The lowest BCUT2D eigenvalue weighted by atomic mass is 10.1. The van der Waals surface area contributed by atoms with Gasteiger partial charge in [-0.1, -0.05) is 35.3 Å². The SMILES string of the molecule is Clc1cccc(Cl)c1COc1cncc(-c2cccnc2)c1. The van der Waals surface area contributed by atoms with E-state index in [1.807, 2.05) is 18.2 Å². The molecule has 0 aliphatic rings. The van der Waals surface area contributed by atoms with Gasteiger partial charge in [-0.05, 0) is 24.3 Å². The topological polar surface area (TPSA) is 35.0 Å². The first kappa shape index (κ1) is 14.8. The third-order valence-electron chi connectivity index (χ3n) is 3.15. The number of rotatable bonds is 4. The molecule has 0 amide bonds. The van der Waals surface area contributed by atoms with Gasteiger partial charge in [0.05, 0.1) is 6.20 Å². The van der Waals surface area contributed by atoms with Crippen LogP contribution in [0, 0.1) is 0 Å². The summed E-state index contributed by atoms with van der Waals surface area (Å²) in [6.07, 6.45) is 6.94. The van der Waals surface area contributed by atoms with Gasteiger partial charge >= 0.3 is 0 Å². The number of pyridine rings is 2. The number of halogens is 2. The molecular weight excluding hydrogens is 319 g/mol. The van der Waals surface area contributed by atoms with Crippen molar-refractivity contribution in [2.24, 2.45) is 0 Å². The van der Waals surface area contributed by atoms with E-state index in [9.17, 15) is 0 Å². The van der Waals surface area contributed by atoms with Crippen LogP contribution in [-0.2, 0) is 6.61 Å². The Morgan fingerprint density at radius 3 is 2.36 bits per heavy atom. The van der Waals surface area contributed by atoms with Crippen LogP contribution in [0.4, 0.5) is 0 Å². The minimum absolute atomic E-state index is 0.288. The molecule has 3 aromatic rings. The van der Waals surface area contributed by atoms with Crippen molar-refractivity contribution in [2.45, 2.75) is 6.61 Å². The van der Waals surface area contributed by atoms with Crippen molar-refractivity contribution in [3.8, 4) is 16.9 Å². The van der Waals surface area contributed by atoms with Crippen LogP contribution in [0.3, 0.4) is 0 Å². The quantitative estimate of drug-likeness (QED) is 0.672. The van der Waals surface area contributed by atoms with Crippen molar-refractivity contribution in [3.63, 3.8) is 0 Å². The number of nitrogens with zero attached hydrogens (tertiary/aromatic N) is 2. The van der Waals surface area contributed by atoms with E-state index in [-0.39, 0.29) is 6.61 Å². The zero-order valence-electron chi connectivity index (χ0n) is 11.5. The van der Waals surface area contributed by atoms with Crippen LogP contribution in [0.15, 0.2) is 61.2 Å². The molecule has 0 saturated heterocycles. The molecule has 0 unspecified atom stereocenters. The van der Waals surface area contributed by atoms with E-state index in [1.165, 1.54) is 0 Å². The van der Waals surface area contributed by atoms with Gasteiger partial charge in [-0.25, -0.2) is 0 Å². The van der Waals surface area contributed by atoms with Crippen LogP contribution >= 0.6 is 23.2 Å². The third-order valence-corrected chi connectivity index (χ3v) is 3.86. The first-order valence-electron chi connectivity index (χ1n) is 6.65. The minimum atomic E-state index is 0.288. The molecule has 0 fully saturated rings. The fourth-order valence-corrected chi connectivity index (χ4v) is 2.52. The number of ether oxygens (including phenoxy) is 1. The Labute approximate surface area is 138 Å². The molecule has 110 valence electrons. The largest absolute Gasteiger partial charge is 0.487 e. The summed E-state index contributed by atoms with van der Waals surface area (Å²) in [7, 11) is 0. The van der Waals surface area contributed by atoms with Gasteiger partial charge in [-0.15, -0.1) is 0 Å². The highest BCUT2D eigenvalue weighted by Gasteiger charge is 2.07. The Hall–Kier alpha value is -2.10. The molecule has 0 aliphatic carbocycles. The molecule has 0 saturated carbocycles. The molecule has 0 aliphatic heterocycles. The van der Waals surface area contributed by atoms with Gasteiger partial charge in [0.2, 0.25) is 0 Å². The van der Waals surface area contributed by atoms with E-state index in [4.69, 9.17) is 27.9 Å². The van der Waals surface area contributed by atoms with Crippen LogP contribution < -0.4 is 4.74 Å². The molecule has 3 rings (SSSR count). The third kappa shape index (κ3) is 3.38. The van der Waals surface area contributed by atoms with E-state index >= 15 is 0 Å². The van der Waals surface area contributed by atoms with Gasteiger partial charge in [0.25, 0.3) is 0 Å². The summed E-state index contributed by atoms with van der Waals surface area (Å²) in [5, 5.41) is 1.17. The van der Waals surface area contributed by atoms with Crippen LogP contribution in [0.1, 0.15) is 5.56 Å². The van der Waals surface area contributed by atoms with E-state index < -0.39 is 0 Å². The molecule has 0 atom stereocenters. The van der Waals surface area contributed by atoms with Crippen LogP contribution in [0.5, 0.6) is 5.75 Å². The second-order valence-corrected chi connectivity index (χ2v) is 5.45. The second kappa shape index (κ2) is 6.77. The zero-order valence-corrected chi connectivity index (χ0v) is 13.1. The molecule has 0 N–H and O–H groups in total. The maximum Gasteiger partial charge on any atom is 0.138 e. The summed E-state index contributed by atoms with van der Waals surface area (Å²) in [5.74, 6) is 0.650. The highest BCUT2D eigenvalue weighted by atomic mass is 35.5. The average Bonchev–Trinajstić information content (AvgIpc) is 2.55. The fraction of sp³-hybridized carbons (Fsp3) is 0.0588. The Morgan fingerprint density at radius 2 is 1.64 bits per heavy atom. The van der Waals surface area contributed by atoms with Gasteiger partial charge in [-0.2, -0.15) is 0 Å². The molecule has 0 spiro atoms. The summed E-state index contributed by atoms with van der Waals surface area (Å²) in [6.45, 7) is 0.288. The average molecular weight is 331 g/mol. The first-order valence-corrected chi connectivity index (χ1v) is 7.41. The van der Waals surface area contributed by atoms with Gasteiger partial charge < -0.3 is 4.74 Å². The van der Waals surface area contributed by atoms with E-state index in [0.29, 0.717) is 15.8 Å². The van der Waals surface area contributed by atoms with E-state index in [1.54, 1.807) is 43.0 Å². The lowest BCUT2D eigenvalue weighted by Gasteiger charge is -2.10. The highest BCUT2D eigenvalue weighted by molar-refractivity contribution is 6.35. The Bertz CT molecular complexity index is 758. The lowest BCUT2D eigenvalue weighted by Crippen LogP contribution is -1.98. The summed E-state index contributed by atoms with van der Waals surface area (Å²) in [6, 6.07) is 11.1. The molecule has 0 radical (unpaired) electrons. The maximum absolute atomic E-state index is 6.13. The summed E-state index contributed by atoms with van der Waals surface area (Å²) >= 11 is 12.3. The summed E-state index contributed by atoms with van der Waals surface area (Å²) in [4.78, 5) is 8.30. The van der Waals surface area contributed by atoms with Crippen molar-refractivity contribution < 1.29 is 4.74 Å². The predicted molar refractivity (Wildman–Crippen MR) is 88.3 cm³/mol. The number of hydrogen-bond acceptors (Lipinski definition) is 3. The second-order valence-electron chi connectivity index (χ2n) is 4.64. The summed E-state index contributed by atoms with van der Waals surface area (Å²) in [5.41, 5.74) is 2.68. The van der Waals surface area contributed by atoms with E-state index in [2.05, 4.69) is 9.97 Å². The smallest absolute Gasteiger partial charge is 0.138 e. The minimum Gasteiger partial charge on any atom is -0.487 e. The lowest BCUT2D eigenvalue weighted by molar-refractivity contribution is 0.305. The van der Waals surface area contributed by atoms with Crippen molar-refractivity contribution in [2.75, 3.05) is 0 Å². The fourth-order valence-electron chi connectivity index (χ4n) is 2.01. The Balaban J connectivity index is 1.79. The van der Waals surface area contributed by atoms with Crippen LogP contribution in [0.25, 0.3) is 11.1 Å². The molecule has 1 aromatic carbocycles. The Kier molecular flexibility index (Phi) is 4.56. The zero-order chi connectivity index (χ0) is 15.4. The molecule has 2 heterocycles. The highest BCUT2D eigenvalue weighted by Crippen LogP contribution is 2.27. The standard InChI is InChI=1S/C17H12Cl2N2O/c18-16-4-1-5-17(19)15(16)11-22-14-7-13(9-21-10-14)12-3-2-6-20-8-12/h1-10H,11H2. The van der Waals surface area contributed by atoms with Gasteiger partial charge in [0, 0.05) is 45.3 Å². The van der Waals surface area contributed by atoms with Crippen molar-refractivity contribution in [1.82, 2.24) is 9.97 Å². The van der Waals surface area contributed by atoms with Crippen LogP contribution in [0.2, 0.25) is 10.0 Å². The molecule has 5 heteroatoms. The molecular formula is C17H12Cl2N2O. The van der Waals surface area contributed by atoms with Crippen molar-refractivity contribution >= 4 is 23.2 Å². The van der Waals surface area contributed by atoms with Gasteiger partial charge in [0.15, 0.2) is 0 Å². The van der Waals surface area contributed by atoms with Gasteiger partial charge in [-0.3, -0.25) is 9.97 Å². The van der Waals surface area contributed by atoms with E-state index in [0.717, 1.165) is 16.7 Å².